The predicted octanol–water partition coefficient (Wildman–Crippen LogP) is 5.68. The highest BCUT2D eigenvalue weighted by molar-refractivity contribution is 7.07. The lowest BCUT2D eigenvalue weighted by Gasteiger charge is -2.07. The number of nitrogens with one attached hydrogen (secondary N) is 1. The Morgan fingerprint density at radius 2 is 1.96 bits per heavy atom. The van der Waals surface area contributed by atoms with Gasteiger partial charge in [-0.1, -0.05) is 5.16 Å². The van der Waals surface area contributed by atoms with Crippen molar-refractivity contribution in [3.8, 4) is 17.1 Å². The van der Waals surface area contributed by atoms with Crippen molar-refractivity contribution >= 4 is 34.6 Å². The van der Waals surface area contributed by atoms with Crippen molar-refractivity contribution in [3.63, 3.8) is 0 Å². The average Bonchev–Trinajstić information content (AvgIpc) is 3.34. The summed E-state index contributed by atoms with van der Waals surface area (Å²) in [6, 6.07) is 14.3. The van der Waals surface area contributed by atoms with E-state index in [9.17, 15) is 4.39 Å². The van der Waals surface area contributed by atoms with Crippen LogP contribution in [0, 0.1) is 5.82 Å². The Labute approximate surface area is 172 Å². The molecule has 28 heavy (non-hydrogen) atoms. The van der Waals surface area contributed by atoms with Crippen molar-refractivity contribution < 1.29 is 13.7 Å². The number of fused-ring (bicyclic) bond motifs is 1. The summed E-state index contributed by atoms with van der Waals surface area (Å²) in [6.45, 7) is 2.46. The van der Waals surface area contributed by atoms with E-state index in [0.29, 0.717) is 17.9 Å². The Bertz CT molecular complexity index is 1000. The third-order valence-corrected chi connectivity index (χ3v) is 4.96. The minimum absolute atomic E-state index is 0. The fourth-order valence-electron chi connectivity index (χ4n) is 2.84. The molecule has 2 aromatic heterocycles. The lowest BCUT2D eigenvalue weighted by atomic mass is 10.1. The van der Waals surface area contributed by atoms with Gasteiger partial charge < -0.3 is 14.6 Å². The van der Waals surface area contributed by atoms with E-state index in [2.05, 4.69) is 27.3 Å². The monoisotopic (exact) mass is 418 g/mol. The highest BCUT2D eigenvalue weighted by atomic mass is 35.5. The molecule has 4 nitrogen and oxygen atoms in total. The van der Waals surface area contributed by atoms with Crippen LogP contribution < -0.4 is 10.1 Å². The molecule has 2 aromatic carbocycles. The van der Waals surface area contributed by atoms with Gasteiger partial charge in [0.05, 0.1) is 6.61 Å². The second-order valence-electron chi connectivity index (χ2n) is 6.21. The van der Waals surface area contributed by atoms with Crippen molar-refractivity contribution in [2.75, 3.05) is 13.2 Å². The molecule has 1 N–H and O–H groups in total. The van der Waals surface area contributed by atoms with Crippen molar-refractivity contribution in [2.24, 2.45) is 0 Å². The van der Waals surface area contributed by atoms with Crippen LogP contribution in [0.25, 0.3) is 22.2 Å². The van der Waals surface area contributed by atoms with Crippen LogP contribution in [0.2, 0.25) is 0 Å². The van der Waals surface area contributed by atoms with E-state index in [1.807, 2.05) is 24.3 Å². The SMILES string of the molecule is Cl.Fc1ccc2c(-c3ccc(OCCCNCc4ccsc4)cc3)onc2c1. The number of benzene rings is 2. The van der Waals surface area contributed by atoms with Gasteiger partial charge in [-0.3, -0.25) is 0 Å². The zero-order chi connectivity index (χ0) is 18.5. The second kappa shape index (κ2) is 9.68. The smallest absolute Gasteiger partial charge is 0.174 e. The average molecular weight is 419 g/mol. The van der Waals surface area contributed by atoms with Gasteiger partial charge in [0.25, 0.3) is 0 Å². The second-order valence-corrected chi connectivity index (χ2v) is 6.99. The summed E-state index contributed by atoms with van der Waals surface area (Å²) in [4.78, 5) is 0. The maximum absolute atomic E-state index is 13.3. The molecular weight excluding hydrogens is 399 g/mol. The topological polar surface area (TPSA) is 47.3 Å². The zero-order valence-corrected chi connectivity index (χ0v) is 16.7. The molecule has 0 bridgehead atoms. The minimum atomic E-state index is -0.323. The van der Waals surface area contributed by atoms with Gasteiger partial charge in [0.1, 0.15) is 17.1 Å². The molecule has 0 atom stereocenters. The standard InChI is InChI=1S/C21H19FN2O2S.ClH/c22-17-4-7-19-20(12-17)24-26-21(19)16-2-5-18(6-3-16)25-10-1-9-23-13-15-8-11-27-14-15;/h2-8,11-12,14,23H,1,9-10,13H2;1H. The highest BCUT2D eigenvalue weighted by Crippen LogP contribution is 2.30. The molecular formula is C21H20ClFN2O2S. The number of thiophene rings is 1. The fourth-order valence-corrected chi connectivity index (χ4v) is 3.51. The summed E-state index contributed by atoms with van der Waals surface area (Å²) < 4.78 is 24.4. The Morgan fingerprint density at radius 1 is 1.11 bits per heavy atom. The third kappa shape index (κ3) is 4.90. The molecule has 0 fully saturated rings. The van der Waals surface area contributed by atoms with Crippen molar-refractivity contribution in [3.05, 3.63) is 70.7 Å². The van der Waals surface area contributed by atoms with Crippen LogP contribution in [0.15, 0.2) is 63.8 Å². The first-order valence-electron chi connectivity index (χ1n) is 8.79. The summed E-state index contributed by atoms with van der Waals surface area (Å²) in [5.41, 5.74) is 2.72. The van der Waals surface area contributed by atoms with Crippen LogP contribution in [0.5, 0.6) is 5.75 Å². The molecule has 0 amide bonds. The lowest BCUT2D eigenvalue weighted by molar-refractivity contribution is 0.308. The van der Waals surface area contributed by atoms with Crippen LogP contribution in [0.3, 0.4) is 0 Å². The van der Waals surface area contributed by atoms with Gasteiger partial charge in [0.2, 0.25) is 0 Å². The van der Waals surface area contributed by atoms with Gasteiger partial charge in [-0.05, 0) is 71.8 Å². The van der Waals surface area contributed by atoms with Gasteiger partial charge in [-0.2, -0.15) is 11.3 Å². The number of nitrogens with zero attached hydrogens (tertiary/aromatic N) is 1. The van der Waals surface area contributed by atoms with E-state index in [4.69, 9.17) is 9.26 Å². The molecule has 0 saturated carbocycles. The van der Waals surface area contributed by atoms with E-state index in [0.717, 1.165) is 36.2 Å². The fraction of sp³-hybridized carbons (Fsp3) is 0.190. The number of halogens is 2. The van der Waals surface area contributed by atoms with E-state index in [1.165, 1.54) is 17.7 Å². The summed E-state index contributed by atoms with van der Waals surface area (Å²) in [5.74, 6) is 1.12. The summed E-state index contributed by atoms with van der Waals surface area (Å²) in [7, 11) is 0. The first-order valence-corrected chi connectivity index (χ1v) is 9.74. The lowest BCUT2D eigenvalue weighted by Crippen LogP contribution is -2.16. The highest BCUT2D eigenvalue weighted by Gasteiger charge is 2.11. The molecule has 2 heterocycles. The quantitative estimate of drug-likeness (QED) is 0.374. The van der Waals surface area contributed by atoms with Gasteiger partial charge in [0, 0.05) is 23.6 Å². The predicted molar refractivity (Wildman–Crippen MR) is 113 cm³/mol. The van der Waals surface area contributed by atoms with E-state index in [-0.39, 0.29) is 18.2 Å². The van der Waals surface area contributed by atoms with E-state index < -0.39 is 0 Å². The maximum Gasteiger partial charge on any atom is 0.174 e. The van der Waals surface area contributed by atoms with Crippen LogP contribution in [-0.4, -0.2) is 18.3 Å². The molecule has 0 aliphatic carbocycles. The van der Waals surface area contributed by atoms with Crippen LogP contribution in [-0.2, 0) is 6.54 Å². The van der Waals surface area contributed by atoms with Crippen LogP contribution in [0.4, 0.5) is 4.39 Å². The minimum Gasteiger partial charge on any atom is -0.494 e. The summed E-state index contributed by atoms with van der Waals surface area (Å²) >= 11 is 1.71. The van der Waals surface area contributed by atoms with Crippen LogP contribution in [0.1, 0.15) is 12.0 Å². The summed E-state index contributed by atoms with van der Waals surface area (Å²) in [5, 5.41) is 12.4. The number of rotatable bonds is 8. The molecule has 0 spiro atoms. The zero-order valence-electron chi connectivity index (χ0n) is 15.1. The number of aromatic nitrogens is 1. The Balaban J connectivity index is 0.00000225. The number of ether oxygens (including phenoxy) is 1. The molecule has 0 saturated heterocycles. The van der Waals surface area contributed by atoms with Gasteiger partial charge >= 0.3 is 0 Å². The Hall–Kier alpha value is -2.41. The number of hydrogen-bond donors (Lipinski definition) is 1. The molecule has 4 aromatic rings. The van der Waals surface area contributed by atoms with Crippen molar-refractivity contribution in [1.82, 2.24) is 10.5 Å². The van der Waals surface area contributed by atoms with E-state index >= 15 is 0 Å². The molecule has 0 radical (unpaired) electrons. The largest absolute Gasteiger partial charge is 0.494 e. The number of hydrogen-bond acceptors (Lipinski definition) is 5. The van der Waals surface area contributed by atoms with Crippen LogP contribution >= 0.6 is 23.7 Å². The summed E-state index contributed by atoms with van der Waals surface area (Å²) in [6.07, 6.45) is 0.935. The maximum atomic E-state index is 13.3. The third-order valence-electron chi connectivity index (χ3n) is 4.23. The van der Waals surface area contributed by atoms with Gasteiger partial charge in [-0.15, -0.1) is 12.4 Å². The molecule has 4 rings (SSSR count). The Kier molecular flexibility index (Phi) is 7.03. The Morgan fingerprint density at radius 3 is 2.75 bits per heavy atom. The first-order chi connectivity index (χ1) is 13.3. The molecule has 0 aliphatic rings. The normalized spacial score (nSPS) is 10.8. The van der Waals surface area contributed by atoms with E-state index in [1.54, 1.807) is 17.4 Å². The molecule has 0 aliphatic heterocycles. The van der Waals surface area contributed by atoms with Gasteiger partial charge in [-0.25, -0.2) is 4.39 Å². The molecule has 0 unspecified atom stereocenters. The van der Waals surface area contributed by atoms with Gasteiger partial charge in [0.15, 0.2) is 5.76 Å². The molecule has 146 valence electrons. The first kappa shape index (κ1) is 20.3. The van der Waals surface area contributed by atoms with Crippen molar-refractivity contribution in [2.45, 2.75) is 13.0 Å². The molecule has 7 heteroatoms. The van der Waals surface area contributed by atoms with Crippen molar-refractivity contribution in [1.29, 1.82) is 0 Å².